The maximum Gasteiger partial charge on any atom is 0.411 e. The molecule has 0 saturated carbocycles. The summed E-state index contributed by atoms with van der Waals surface area (Å²) in [7, 11) is 10.2. The van der Waals surface area contributed by atoms with Gasteiger partial charge in [0.15, 0.2) is 0 Å². The predicted octanol–water partition coefficient (Wildman–Crippen LogP) is 6.75. The third kappa shape index (κ3) is 13.9. The number of amides is 4. The summed E-state index contributed by atoms with van der Waals surface area (Å²) < 4.78 is 16.3. The van der Waals surface area contributed by atoms with E-state index in [1.54, 1.807) is 40.9 Å². The van der Waals surface area contributed by atoms with Gasteiger partial charge < -0.3 is 38.7 Å². The Bertz CT molecular complexity index is 1790. The van der Waals surface area contributed by atoms with Crippen LogP contribution in [0.5, 0.6) is 5.75 Å². The Morgan fingerprint density at radius 3 is 2.16 bits per heavy atom. The number of benzene rings is 3. The van der Waals surface area contributed by atoms with Crippen molar-refractivity contribution in [2.75, 3.05) is 105 Å². The molecule has 316 valence electrons. The fourth-order valence-electron chi connectivity index (χ4n) is 6.91. The van der Waals surface area contributed by atoms with Gasteiger partial charge in [0.25, 0.3) is 5.91 Å². The highest BCUT2D eigenvalue weighted by atomic mass is 35.5. The summed E-state index contributed by atoms with van der Waals surface area (Å²) in [4.78, 5) is 60.3. The van der Waals surface area contributed by atoms with Crippen molar-refractivity contribution in [1.29, 1.82) is 0 Å². The number of unbranched alkanes of at least 4 members (excludes halogenated alkanes) is 2. The number of anilines is 2. The molecule has 0 aliphatic carbocycles. The topological polar surface area (TPSA) is 124 Å². The highest BCUT2D eigenvalue weighted by Crippen LogP contribution is 2.34. The molecule has 0 unspecified atom stereocenters. The minimum Gasteiger partial charge on any atom is -0.496 e. The van der Waals surface area contributed by atoms with Crippen molar-refractivity contribution < 1.29 is 33.4 Å². The van der Waals surface area contributed by atoms with E-state index in [9.17, 15) is 19.2 Å². The predicted molar refractivity (Wildman–Crippen MR) is 230 cm³/mol. The Hall–Kier alpha value is -4.85. The first kappa shape index (κ1) is 45.8. The fraction of sp³-hybridized carbons (Fsp3) is 0.500. The molecule has 1 saturated heterocycles. The number of ether oxygens (including phenoxy) is 3. The van der Waals surface area contributed by atoms with Gasteiger partial charge in [0, 0.05) is 99.2 Å². The molecule has 4 rings (SSSR count). The Balaban J connectivity index is 1.11. The number of likely N-dealkylation sites (tertiary alicyclic amines) is 1. The maximum atomic E-state index is 13.3. The zero-order valence-electron chi connectivity index (χ0n) is 35.0. The monoisotopic (exact) mass is 820 g/mol. The van der Waals surface area contributed by atoms with Gasteiger partial charge in [-0.2, -0.15) is 0 Å². The number of rotatable bonds is 21. The van der Waals surface area contributed by atoms with Crippen LogP contribution in [0.3, 0.4) is 0 Å². The lowest BCUT2D eigenvalue weighted by atomic mass is 10.0. The van der Waals surface area contributed by atoms with E-state index in [1.807, 2.05) is 73.6 Å². The number of hydrogen-bond donors (Lipinski definition) is 1. The molecule has 0 radical (unpaired) electrons. The lowest BCUT2D eigenvalue weighted by Gasteiger charge is -2.32. The minimum absolute atomic E-state index is 0.0247. The molecular weight excluding hydrogens is 760 g/mol. The van der Waals surface area contributed by atoms with Gasteiger partial charge in [-0.15, -0.1) is 0 Å². The van der Waals surface area contributed by atoms with E-state index in [0.29, 0.717) is 48.8 Å². The second-order valence-corrected chi connectivity index (χ2v) is 15.3. The molecule has 0 aromatic heterocycles. The molecule has 13 nitrogen and oxygen atoms in total. The molecule has 0 spiro atoms. The van der Waals surface area contributed by atoms with Crippen LogP contribution in [0.2, 0.25) is 5.02 Å². The molecular formula is C44H61ClN6O7. The van der Waals surface area contributed by atoms with Crippen molar-refractivity contribution in [2.45, 2.75) is 51.0 Å². The average molecular weight is 821 g/mol. The van der Waals surface area contributed by atoms with Crippen molar-refractivity contribution in [3.8, 4) is 16.9 Å². The van der Waals surface area contributed by atoms with Gasteiger partial charge in [0.05, 0.1) is 29.1 Å². The molecule has 0 bridgehead atoms. The quantitative estimate of drug-likeness (QED) is 0.116. The molecule has 1 aliphatic rings. The largest absolute Gasteiger partial charge is 0.496 e. The molecule has 1 heterocycles. The number of halogens is 1. The zero-order valence-corrected chi connectivity index (χ0v) is 35.8. The first-order valence-electron chi connectivity index (χ1n) is 20.1. The Morgan fingerprint density at radius 1 is 0.776 bits per heavy atom. The molecule has 1 fully saturated rings. The summed E-state index contributed by atoms with van der Waals surface area (Å²) in [5.74, 6) is 0.237. The van der Waals surface area contributed by atoms with E-state index in [1.165, 1.54) is 14.2 Å². The van der Waals surface area contributed by atoms with Crippen molar-refractivity contribution in [3.63, 3.8) is 0 Å². The SMILES string of the molecule is COCC(=O)N(C)CCCN(C)C(=O)c1cc(Cl)c(N(C)CCCCCC(=O)N(C)CCN2CCC(OC(=O)Nc3ccccc3-c3ccccc3)CC2)cc1OC. The molecule has 0 atom stereocenters. The molecule has 4 amide bonds. The second kappa shape index (κ2) is 23.5. The van der Waals surface area contributed by atoms with Crippen LogP contribution in [0, 0.1) is 0 Å². The van der Waals surface area contributed by atoms with E-state index in [-0.39, 0.29) is 30.4 Å². The van der Waals surface area contributed by atoms with Crippen LogP contribution >= 0.6 is 11.6 Å². The zero-order chi connectivity index (χ0) is 42.0. The van der Waals surface area contributed by atoms with Crippen LogP contribution < -0.4 is 15.0 Å². The highest BCUT2D eigenvalue weighted by molar-refractivity contribution is 6.33. The number of piperidine rings is 1. The van der Waals surface area contributed by atoms with E-state index < -0.39 is 6.09 Å². The third-order valence-corrected chi connectivity index (χ3v) is 10.9. The van der Waals surface area contributed by atoms with E-state index in [2.05, 4.69) is 10.2 Å². The van der Waals surface area contributed by atoms with Crippen LogP contribution in [0.4, 0.5) is 16.2 Å². The lowest BCUT2D eigenvalue weighted by Crippen LogP contribution is -2.42. The van der Waals surface area contributed by atoms with Crippen LogP contribution in [0.25, 0.3) is 11.1 Å². The lowest BCUT2D eigenvalue weighted by molar-refractivity contribution is -0.134. The Morgan fingerprint density at radius 2 is 1.45 bits per heavy atom. The van der Waals surface area contributed by atoms with E-state index in [4.69, 9.17) is 25.8 Å². The van der Waals surface area contributed by atoms with Gasteiger partial charge in [-0.05, 0) is 49.8 Å². The number of carbonyl (C=O) groups excluding carboxylic acids is 4. The van der Waals surface area contributed by atoms with Crippen molar-refractivity contribution in [2.24, 2.45) is 0 Å². The number of methoxy groups -OCH3 is 2. The van der Waals surface area contributed by atoms with E-state index >= 15 is 0 Å². The van der Waals surface area contributed by atoms with Gasteiger partial charge in [-0.25, -0.2) is 4.79 Å². The number of likely N-dealkylation sites (N-methyl/N-ethyl adjacent to an activating group) is 2. The fourth-order valence-corrected chi connectivity index (χ4v) is 7.22. The maximum absolute atomic E-state index is 13.3. The Kier molecular flexibility index (Phi) is 18.6. The molecule has 58 heavy (non-hydrogen) atoms. The minimum atomic E-state index is -0.444. The van der Waals surface area contributed by atoms with Gasteiger partial charge >= 0.3 is 6.09 Å². The molecule has 1 aliphatic heterocycles. The average Bonchev–Trinajstić information content (AvgIpc) is 3.23. The molecule has 1 N–H and O–H groups in total. The first-order valence-corrected chi connectivity index (χ1v) is 20.4. The highest BCUT2D eigenvalue weighted by Gasteiger charge is 2.24. The van der Waals surface area contributed by atoms with Crippen LogP contribution in [-0.4, -0.2) is 144 Å². The van der Waals surface area contributed by atoms with Gasteiger partial charge in [0.2, 0.25) is 11.8 Å². The normalized spacial score (nSPS) is 13.1. The van der Waals surface area contributed by atoms with Crippen molar-refractivity contribution in [1.82, 2.24) is 19.6 Å². The molecule has 3 aromatic carbocycles. The number of carbonyl (C=O) groups is 4. The second-order valence-electron chi connectivity index (χ2n) is 14.9. The summed E-state index contributed by atoms with van der Waals surface area (Å²) in [6.07, 6.45) is 4.52. The summed E-state index contributed by atoms with van der Waals surface area (Å²) >= 11 is 6.69. The summed E-state index contributed by atoms with van der Waals surface area (Å²) in [6, 6.07) is 21.1. The van der Waals surface area contributed by atoms with Gasteiger partial charge in [-0.1, -0.05) is 66.6 Å². The number of nitrogens with zero attached hydrogens (tertiary/aromatic N) is 5. The number of nitrogens with one attached hydrogen (secondary N) is 1. The van der Waals surface area contributed by atoms with Gasteiger partial charge in [0.1, 0.15) is 18.5 Å². The molecule has 14 heteroatoms. The smallest absolute Gasteiger partial charge is 0.411 e. The molecule has 3 aromatic rings. The van der Waals surface area contributed by atoms with Crippen molar-refractivity contribution >= 4 is 46.8 Å². The van der Waals surface area contributed by atoms with E-state index in [0.717, 1.165) is 80.8 Å². The first-order chi connectivity index (χ1) is 27.9. The van der Waals surface area contributed by atoms with Crippen LogP contribution in [0.15, 0.2) is 66.7 Å². The van der Waals surface area contributed by atoms with Crippen LogP contribution in [-0.2, 0) is 19.1 Å². The number of para-hydroxylation sites is 1. The summed E-state index contributed by atoms with van der Waals surface area (Å²) in [5.41, 5.74) is 3.82. The summed E-state index contributed by atoms with van der Waals surface area (Å²) in [6.45, 7) is 4.72. The Labute approximate surface area is 349 Å². The van der Waals surface area contributed by atoms with Crippen LogP contribution in [0.1, 0.15) is 55.3 Å². The number of hydrogen-bond acceptors (Lipinski definition) is 9. The third-order valence-electron chi connectivity index (χ3n) is 10.6. The van der Waals surface area contributed by atoms with Gasteiger partial charge in [-0.3, -0.25) is 19.7 Å². The van der Waals surface area contributed by atoms with Crippen molar-refractivity contribution in [3.05, 3.63) is 77.3 Å². The standard InChI is InChI=1S/C44H61ClN6O7/c1-47(39-31-40(57-6)36(30-37(39)45)43(54)50(4)25-15-24-48(2)42(53)32-56-5)23-14-8-11-20-41(52)49(3)28-29-51-26-21-34(22-27-51)58-44(55)46-38-19-13-12-18-35(38)33-16-9-7-10-17-33/h7,9-10,12-13,16-19,30-31,34H,8,11,14-15,20-29,32H2,1-6H3,(H,46,55). The summed E-state index contributed by atoms with van der Waals surface area (Å²) in [5, 5.41) is 3.38.